The van der Waals surface area contributed by atoms with Crippen molar-refractivity contribution in [1.29, 1.82) is 0 Å². The quantitative estimate of drug-likeness (QED) is 0.0311. The molecule has 0 unspecified atom stereocenters. The molecule has 21 N–H and O–H groups in total. The summed E-state index contributed by atoms with van der Waals surface area (Å²) in [6.45, 7) is 3.19. The lowest BCUT2D eigenvalue weighted by atomic mass is 10.0. The van der Waals surface area contributed by atoms with Gasteiger partial charge in [0.05, 0.1) is 19.2 Å². The van der Waals surface area contributed by atoms with Gasteiger partial charge in [-0.25, -0.2) is 4.79 Å². The van der Waals surface area contributed by atoms with Gasteiger partial charge in [0, 0.05) is 6.42 Å². The van der Waals surface area contributed by atoms with Gasteiger partial charge >= 0.3 is 5.97 Å². The number of phenolic OH excluding ortho intramolecular Hbond substituents is 1. The molecule has 25 heteroatoms. The van der Waals surface area contributed by atoms with E-state index in [1.165, 1.54) is 24.3 Å². The molecule has 0 aliphatic rings. The number of benzene rings is 2. The fourth-order valence-corrected chi connectivity index (χ4v) is 8.15. The zero-order valence-electron chi connectivity index (χ0n) is 45.1. The van der Waals surface area contributed by atoms with Crippen molar-refractivity contribution >= 4 is 53.2 Å². The second-order valence-electron chi connectivity index (χ2n) is 19.7. The van der Waals surface area contributed by atoms with Gasteiger partial charge in [-0.2, -0.15) is 0 Å². The number of aliphatic hydroxyl groups is 1. The van der Waals surface area contributed by atoms with Crippen LogP contribution in [-0.2, 0) is 56.0 Å². The third-order valence-corrected chi connectivity index (χ3v) is 12.5. The number of hydrogen-bond acceptors (Lipinski definition) is 16. The number of phenols is 1. The van der Waals surface area contributed by atoms with Gasteiger partial charge in [-0.05, 0) is 145 Å². The monoisotopic (exact) mass is 1100 g/mol. The average molecular weight is 1100 g/mol. The summed E-state index contributed by atoms with van der Waals surface area (Å²) >= 11 is 0. The number of hydrogen-bond donors (Lipinski definition) is 16. The van der Waals surface area contributed by atoms with Gasteiger partial charge in [0.2, 0.25) is 47.3 Å². The minimum absolute atomic E-state index is 0.0396. The second kappa shape index (κ2) is 37.9. The van der Waals surface area contributed by atoms with Crippen LogP contribution < -0.4 is 71.2 Å². The van der Waals surface area contributed by atoms with E-state index in [1.54, 1.807) is 38.1 Å². The average Bonchev–Trinajstić information content (AvgIpc) is 3.40. The van der Waals surface area contributed by atoms with Crippen molar-refractivity contribution in [2.45, 2.75) is 158 Å². The summed E-state index contributed by atoms with van der Waals surface area (Å²) in [6, 6.07) is 4.73. The predicted molar refractivity (Wildman–Crippen MR) is 292 cm³/mol. The Labute approximate surface area is 456 Å². The Bertz CT molecular complexity index is 2170. The number of amides is 8. The van der Waals surface area contributed by atoms with Crippen molar-refractivity contribution in [3.05, 3.63) is 65.7 Å². The van der Waals surface area contributed by atoms with Gasteiger partial charge in [-0.1, -0.05) is 56.3 Å². The third-order valence-electron chi connectivity index (χ3n) is 12.5. The Kier molecular flexibility index (Phi) is 32.7. The van der Waals surface area contributed by atoms with Crippen LogP contribution in [0, 0.1) is 5.92 Å². The highest BCUT2D eigenvalue weighted by molar-refractivity contribution is 5.97. The SMILES string of the molecule is CC(C)C[C@H](NC(=O)CNC(=O)[C@H](CO)NC(=O)[C@H](CCCCN)NC(=O)[C@@H](N)Cc1ccccc1)C(=O)N[C@@H](CCCCN)C(=O)N[C@@H](Cc1ccc(O)cc1)C(=O)N[C@@H](CCCCN)C(=O)N[C@@H](CCCCN)C(=O)O. The molecule has 0 spiro atoms. The van der Waals surface area contributed by atoms with E-state index in [0.717, 1.165) is 5.56 Å². The molecule has 0 heterocycles. The Morgan fingerprint density at radius 2 is 0.859 bits per heavy atom. The van der Waals surface area contributed by atoms with E-state index in [2.05, 4.69) is 42.5 Å². The molecule has 0 aromatic heterocycles. The van der Waals surface area contributed by atoms with E-state index in [9.17, 15) is 58.5 Å². The highest BCUT2D eigenvalue weighted by atomic mass is 16.4. The fourth-order valence-electron chi connectivity index (χ4n) is 8.15. The maximum absolute atomic E-state index is 14.3. The van der Waals surface area contributed by atoms with E-state index in [1.807, 2.05) is 6.07 Å². The molecule has 8 atom stereocenters. The number of aromatic hydroxyl groups is 1. The number of rotatable bonds is 40. The van der Waals surface area contributed by atoms with Crippen LogP contribution in [0.15, 0.2) is 54.6 Å². The van der Waals surface area contributed by atoms with Crippen LogP contribution in [0.1, 0.15) is 108 Å². The minimum atomic E-state index is -1.56. The lowest BCUT2D eigenvalue weighted by Gasteiger charge is -2.27. The van der Waals surface area contributed by atoms with E-state index in [-0.39, 0.29) is 69.7 Å². The van der Waals surface area contributed by atoms with Crippen LogP contribution in [0.4, 0.5) is 0 Å². The zero-order chi connectivity index (χ0) is 58.0. The number of aliphatic carboxylic acids is 1. The Balaban J connectivity index is 2.29. The molecule has 0 bridgehead atoms. The van der Waals surface area contributed by atoms with Crippen LogP contribution in [0.25, 0.3) is 0 Å². The molecule has 0 radical (unpaired) electrons. The lowest BCUT2D eigenvalue weighted by Crippen LogP contribution is -2.59. The number of nitrogens with one attached hydrogen (secondary N) is 8. The van der Waals surface area contributed by atoms with Crippen molar-refractivity contribution in [3.8, 4) is 5.75 Å². The van der Waals surface area contributed by atoms with Gasteiger partial charge in [-0.3, -0.25) is 38.4 Å². The number of unbranched alkanes of at least 4 members (excludes halogenated alkanes) is 4. The Morgan fingerprint density at radius 3 is 1.31 bits per heavy atom. The summed E-state index contributed by atoms with van der Waals surface area (Å²) in [5.41, 5.74) is 30.2. The molecule has 25 nitrogen and oxygen atoms in total. The summed E-state index contributed by atoms with van der Waals surface area (Å²) < 4.78 is 0. The molecule has 0 saturated carbocycles. The summed E-state index contributed by atoms with van der Waals surface area (Å²) in [6.07, 6.45) is 4.07. The maximum Gasteiger partial charge on any atom is 0.326 e. The molecule has 0 aliphatic carbocycles. The van der Waals surface area contributed by atoms with Crippen LogP contribution >= 0.6 is 0 Å². The topological polar surface area (TPSA) is 441 Å². The van der Waals surface area contributed by atoms with Gasteiger partial charge in [-0.15, -0.1) is 0 Å². The van der Waals surface area contributed by atoms with Crippen molar-refractivity contribution in [2.75, 3.05) is 39.3 Å². The summed E-state index contributed by atoms with van der Waals surface area (Å²) in [5.74, 6) is -7.86. The van der Waals surface area contributed by atoms with Crippen LogP contribution in [0.5, 0.6) is 5.75 Å². The smallest absolute Gasteiger partial charge is 0.326 e. The molecule has 0 aliphatic heterocycles. The fraction of sp³-hybridized carbons (Fsp3) is 0.604. The number of carboxylic acid groups (broad SMARTS) is 1. The highest BCUT2D eigenvalue weighted by Crippen LogP contribution is 2.14. The first-order chi connectivity index (χ1) is 37.3. The second-order valence-corrected chi connectivity index (χ2v) is 19.7. The number of carbonyl (C=O) groups is 9. The van der Waals surface area contributed by atoms with Crippen molar-refractivity contribution in [2.24, 2.45) is 34.6 Å². The number of aliphatic hydroxyl groups excluding tert-OH is 1. The van der Waals surface area contributed by atoms with E-state index in [4.69, 9.17) is 28.7 Å². The Morgan fingerprint density at radius 1 is 0.462 bits per heavy atom. The van der Waals surface area contributed by atoms with Crippen LogP contribution in [0.2, 0.25) is 0 Å². The summed E-state index contributed by atoms with van der Waals surface area (Å²) in [7, 11) is 0. The summed E-state index contributed by atoms with van der Waals surface area (Å²) in [5, 5.41) is 50.5. The van der Waals surface area contributed by atoms with Gasteiger partial charge < -0.3 is 86.5 Å². The molecule has 78 heavy (non-hydrogen) atoms. The molecule has 2 rings (SSSR count). The normalized spacial score (nSPS) is 14.2. The molecule has 436 valence electrons. The van der Waals surface area contributed by atoms with Crippen LogP contribution in [-0.4, -0.2) is 156 Å². The maximum atomic E-state index is 14.3. The van der Waals surface area contributed by atoms with Crippen molar-refractivity contribution < 1.29 is 58.5 Å². The molecule has 8 amide bonds. The summed E-state index contributed by atoms with van der Waals surface area (Å²) in [4.78, 5) is 122. The van der Waals surface area contributed by atoms with Crippen LogP contribution in [0.3, 0.4) is 0 Å². The molecular weight excluding hydrogens is 1010 g/mol. The minimum Gasteiger partial charge on any atom is -0.508 e. The van der Waals surface area contributed by atoms with E-state index in [0.29, 0.717) is 70.0 Å². The highest BCUT2D eigenvalue weighted by Gasteiger charge is 2.34. The van der Waals surface area contributed by atoms with Crippen molar-refractivity contribution in [3.63, 3.8) is 0 Å². The molecule has 0 saturated heterocycles. The largest absolute Gasteiger partial charge is 0.508 e. The molecular formula is C53H87N13O12. The molecule has 2 aromatic carbocycles. The Hall–Kier alpha value is -6.77. The first-order valence-electron chi connectivity index (χ1n) is 26.9. The lowest BCUT2D eigenvalue weighted by molar-refractivity contribution is -0.142. The first-order valence-corrected chi connectivity index (χ1v) is 26.9. The van der Waals surface area contributed by atoms with Gasteiger partial charge in [0.15, 0.2) is 0 Å². The van der Waals surface area contributed by atoms with E-state index < -0.39 is 115 Å². The molecule has 0 fully saturated rings. The predicted octanol–water partition coefficient (Wildman–Crippen LogP) is -2.35. The zero-order valence-corrected chi connectivity index (χ0v) is 45.1. The van der Waals surface area contributed by atoms with E-state index >= 15 is 0 Å². The molecule has 2 aromatic rings. The van der Waals surface area contributed by atoms with Gasteiger partial charge in [0.1, 0.15) is 48.0 Å². The third kappa shape index (κ3) is 26.5. The number of nitrogens with two attached hydrogens (primary N) is 5. The van der Waals surface area contributed by atoms with Crippen molar-refractivity contribution in [1.82, 2.24) is 42.5 Å². The van der Waals surface area contributed by atoms with Gasteiger partial charge in [0.25, 0.3) is 0 Å². The first kappa shape index (κ1) is 67.3. The number of carboxylic acids is 1. The standard InChI is InChI=1S/C53H87N13O12/c1-33(2)28-42(60-45(69)31-59-47(71)44(32-67)66-50(74)38(16-6-10-24-54)61-46(70)37(58)29-34-14-4-3-5-15-34)51(75)62-40(18-8-12-26-56)49(73)65-43(30-35-20-22-36(68)23-21-35)52(76)63-39(17-7-11-25-55)48(72)64-41(53(77)78)19-9-13-27-57/h3-5,14-15,20-23,33,37-44,67-68H,6-13,16-19,24-32,54-58H2,1-2H3,(H,59,71)(H,60,69)(H,61,70)(H,62,75)(H,63,76)(H,64,72)(H,65,73)(H,66,74)(H,77,78)/t37-,38-,39-,40-,41-,42-,43-,44-/m0/s1. The number of carbonyl (C=O) groups excluding carboxylic acids is 8.